The molecular formula is C21H23NO5S. The first-order valence-corrected chi connectivity index (χ1v) is 9.90. The van der Waals surface area contributed by atoms with Crippen molar-refractivity contribution in [2.24, 2.45) is 4.99 Å². The van der Waals surface area contributed by atoms with Gasteiger partial charge in [-0.2, -0.15) is 0 Å². The van der Waals surface area contributed by atoms with E-state index in [1.165, 1.54) is 18.9 Å². The van der Waals surface area contributed by atoms with Crippen LogP contribution >= 0.6 is 11.8 Å². The Morgan fingerprint density at radius 3 is 2.07 bits per heavy atom. The van der Waals surface area contributed by atoms with Gasteiger partial charge in [-0.25, -0.2) is 4.79 Å². The summed E-state index contributed by atoms with van der Waals surface area (Å²) < 4.78 is 16.1. The number of thioether (sulfide) groups is 1. The molecule has 2 aromatic carbocycles. The fraction of sp³-hybridized carbons (Fsp3) is 0.286. The van der Waals surface area contributed by atoms with Crippen LogP contribution in [-0.2, 0) is 14.3 Å². The van der Waals surface area contributed by atoms with E-state index in [2.05, 4.69) is 9.73 Å². The third-order valence-electron chi connectivity index (χ3n) is 3.74. The van der Waals surface area contributed by atoms with Crippen molar-refractivity contribution >= 4 is 28.6 Å². The Bertz CT molecular complexity index is 820. The van der Waals surface area contributed by atoms with Crippen molar-refractivity contribution in [3.05, 3.63) is 54.6 Å². The molecule has 7 heteroatoms. The average molecular weight is 401 g/mol. The summed E-state index contributed by atoms with van der Waals surface area (Å²) in [6.45, 7) is 3.22. The Labute approximate surface area is 168 Å². The molecular weight excluding hydrogens is 378 g/mol. The summed E-state index contributed by atoms with van der Waals surface area (Å²) >= 11 is 1.17. The minimum absolute atomic E-state index is 0.217. The zero-order valence-electron chi connectivity index (χ0n) is 16.2. The van der Waals surface area contributed by atoms with Gasteiger partial charge in [0.05, 0.1) is 7.11 Å². The van der Waals surface area contributed by atoms with Crippen molar-refractivity contribution < 1.29 is 23.8 Å². The maximum Gasteiger partial charge on any atom is 0.330 e. The third-order valence-corrected chi connectivity index (χ3v) is 4.44. The number of rotatable bonds is 8. The number of carbonyl (C=O) groups excluding carboxylic acids is 2. The van der Waals surface area contributed by atoms with E-state index in [4.69, 9.17) is 9.47 Å². The zero-order valence-corrected chi connectivity index (χ0v) is 17.1. The van der Waals surface area contributed by atoms with Crippen LogP contribution in [0.4, 0.5) is 0 Å². The Morgan fingerprint density at radius 1 is 0.929 bits per heavy atom. The molecule has 0 saturated carbocycles. The van der Waals surface area contributed by atoms with Crippen molar-refractivity contribution in [1.29, 1.82) is 0 Å². The Kier molecular flexibility index (Phi) is 8.07. The first-order valence-electron chi connectivity index (χ1n) is 8.68. The van der Waals surface area contributed by atoms with E-state index >= 15 is 0 Å². The van der Waals surface area contributed by atoms with Crippen molar-refractivity contribution in [2.75, 3.05) is 13.4 Å². The minimum Gasteiger partial charge on any atom is -0.482 e. The lowest BCUT2D eigenvalue weighted by Crippen LogP contribution is -2.31. The van der Waals surface area contributed by atoms with Crippen molar-refractivity contribution in [1.82, 2.24) is 0 Å². The Morgan fingerprint density at radius 2 is 1.50 bits per heavy atom. The number of carbonyl (C=O) groups is 2. The SMILES string of the molecule is COC(=O)C(C)/N=C(\SC)C(=O)C(C)Oc1ccc(Oc2ccccc2)cc1. The zero-order chi connectivity index (χ0) is 20.5. The molecule has 0 N–H and O–H groups in total. The largest absolute Gasteiger partial charge is 0.482 e. The van der Waals surface area contributed by atoms with Crippen molar-refractivity contribution in [2.45, 2.75) is 26.0 Å². The van der Waals surface area contributed by atoms with E-state index in [9.17, 15) is 9.59 Å². The summed E-state index contributed by atoms with van der Waals surface area (Å²) in [5.41, 5.74) is 0. The van der Waals surface area contributed by atoms with Gasteiger partial charge in [-0.05, 0) is 56.5 Å². The monoisotopic (exact) mass is 401 g/mol. The average Bonchev–Trinajstić information content (AvgIpc) is 2.72. The van der Waals surface area contributed by atoms with Crippen LogP contribution in [-0.4, -0.2) is 42.3 Å². The van der Waals surface area contributed by atoms with E-state index in [0.29, 0.717) is 11.5 Å². The van der Waals surface area contributed by atoms with Gasteiger partial charge in [0.25, 0.3) is 0 Å². The molecule has 0 aromatic heterocycles. The van der Waals surface area contributed by atoms with Crippen molar-refractivity contribution in [3.8, 4) is 17.2 Å². The number of Topliss-reactive ketones (excluding diaryl/α,β-unsaturated/α-hetero) is 1. The van der Waals surface area contributed by atoms with Gasteiger partial charge in [0.2, 0.25) is 5.78 Å². The van der Waals surface area contributed by atoms with Crippen LogP contribution in [0.25, 0.3) is 0 Å². The number of methoxy groups -OCH3 is 1. The fourth-order valence-electron chi connectivity index (χ4n) is 2.26. The quantitative estimate of drug-likeness (QED) is 0.376. The molecule has 0 spiro atoms. The predicted octanol–water partition coefficient (Wildman–Crippen LogP) is 4.14. The summed E-state index contributed by atoms with van der Waals surface area (Å²) in [5.74, 6) is 1.13. The number of benzene rings is 2. The second-order valence-corrected chi connectivity index (χ2v) is 6.64. The lowest BCUT2D eigenvalue weighted by atomic mass is 10.2. The van der Waals surface area contributed by atoms with E-state index in [1.54, 1.807) is 44.4 Å². The second-order valence-electron chi connectivity index (χ2n) is 5.85. The van der Waals surface area contributed by atoms with E-state index in [-0.39, 0.29) is 10.8 Å². The van der Waals surface area contributed by atoms with Gasteiger partial charge in [0, 0.05) is 0 Å². The van der Waals surface area contributed by atoms with Gasteiger partial charge < -0.3 is 14.2 Å². The number of esters is 1. The fourth-order valence-corrected chi connectivity index (χ4v) is 2.89. The first-order chi connectivity index (χ1) is 13.4. The summed E-state index contributed by atoms with van der Waals surface area (Å²) in [7, 11) is 1.28. The van der Waals surface area contributed by atoms with Crippen LogP contribution in [0.3, 0.4) is 0 Å². The molecule has 0 aliphatic carbocycles. The summed E-state index contributed by atoms with van der Waals surface area (Å²) in [5, 5.41) is 0.217. The highest BCUT2D eigenvalue weighted by molar-refractivity contribution is 8.15. The predicted molar refractivity (Wildman–Crippen MR) is 110 cm³/mol. The minimum atomic E-state index is -0.753. The van der Waals surface area contributed by atoms with Crippen LogP contribution in [0, 0.1) is 0 Å². The van der Waals surface area contributed by atoms with E-state index in [1.807, 2.05) is 30.3 Å². The smallest absolute Gasteiger partial charge is 0.330 e. The highest BCUT2D eigenvalue weighted by atomic mass is 32.2. The molecule has 28 heavy (non-hydrogen) atoms. The molecule has 0 saturated heterocycles. The first kappa shape index (κ1) is 21.5. The summed E-state index contributed by atoms with van der Waals surface area (Å²) in [6.07, 6.45) is 0.973. The normalized spacial score (nSPS) is 13.4. The van der Waals surface area contributed by atoms with Crippen LogP contribution < -0.4 is 9.47 Å². The number of ketones is 1. The lowest BCUT2D eigenvalue weighted by Gasteiger charge is -2.15. The van der Waals surface area contributed by atoms with Gasteiger partial charge in [-0.3, -0.25) is 9.79 Å². The number of para-hydroxylation sites is 1. The van der Waals surface area contributed by atoms with Crippen LogP contribution in [0.2, 0.25) is 0 Å². The Hall–Kier alpha value is -2.80. The molecule has 0 aliphatic heterocycles. The van der Waals surface area contributed by atoms with Crippen LogP contribution in [0.15, 0.2) is 59.6 Å². The molecule has 2 rings (SSSR count). The molecule has 0 amide bonds. The van der Waals surface area contributed by atoms with Gasteiger partial charge in [0.15, 0.2) is 6.10 Å². The third kappa shape index (κ3) is 6.13. The topological polar surface area (TPSA) is 74.2 Å². The summed E-state index contributed by atoms with van der Waals surface area (Å²) in [4.78, 5) is 28.2. The summed E-state index contributed by atoms with van der Waals surface area (Å²) in [6, 6.07) is 15.7. The maximum atomic E-state index is 12.6. The molecule has 2 aromatic rings. The van der Waals surface area contributed by atoms with Gasteiger partial charge >= 0.3 is 5.97 Å². The molecule has 2 atom stereocenters. The second kappa shape index (κ2) is 10.5. The standard InChI is InChI=1S/C21H23NO5S/c1-14(21(24)25-3)22-20(28-4)19(23)15(2)26-17-10-12-18(13-11-17)27-16-8-6-5-7-9-16/h5-15H,1-4H3/b22-20-. The molecule has 0 fully saturated rings. The van der Waals surface area contributed by atoms with E-state index in [0.717, 1.165) is 5.75 Å². The number of hydrogen-bond acceptors (Lipinski definition) is 7. The number of aliphatic imine (C=N–C) groups is 1. The van der Waals surface area contributed by atoms with Gasteiger partial charge in [0.1, 0.15) is 28.3 Å². The molecule has 0 radical (unpaired) electrons. The van der Waals surface area contributed by atoms with Crippen molar-refractivity contribution in [3.63, 3.8) is 0 Å². The van der Waals surface area contributed by atoms with Crippen LogP contribution in [0.5, 0.6) is 17.2 Å². The van der Waals surface area contributed by atoms with E-state index < -0.39 is 18.1 Å². The molecule has 0 heterocycles. The number of nitrogens with zero attached hydrogens (tertiary/aromatic N) is 1. The van der Waals surface area contributed by atoms with Gasteiger partial charge in [-0.1, -0.05) is 18.2 Å². The lowest BCUT2D eigenvalue weighted by molar-refractivity contribution is -0.141. The molecule has 0 bridgehead atoms. The molecule has 0 aliphatic rings. The molecule has 6 nitrogen and oxygen atoms in total. The van der Waals surface area contributed by atoms with Crippen LogP contribution in [0.1, 0.15) is 13.8 Å². The highest BCUT2D eigenvalue weighted by Crippen LogP contribution is 2.24. The Balaban J connectivity index is 2.00. The molecule has 2 unspecified atom stereocenters. The number of ether oxygens (including phenoxy) is 3. The molecule has 148 valence electrons. The number of hydrogen-bond donors (Lipinski definition) is 0. The van der Waals surface area contributed by atoms with Gasteiger partial charge in [-0.15, -0.1) is 11.8 Å². The highest BCUT2D eigenvalue weighted by Gasteiger charge is 2.23. The maximum absolute atomic E-state index is 12.6.